The molecule has 0 saturated heterocycles. The predicted molar refractivity (Wildman–Crippen MR) is 141 cm³/mol. The molecular formula is C27H21N7OS. The maximum absolute atomic E-state index is 6.22. The lowest BCUT2D eigenvalue weighted by molar-refractivity contribution is 0.307. The Labute approximate surface area is 211 Å². The molecule has 4 heterocycles. The first-order chi connectivity index (χ1) is 17.7. The minimum atomic E-state index is 0.397. The normalized spacial score (nSPS) is 11.0. The van der Waals surface area contributed by atoms with Crippen LogP contribution in [0.2, 0.25) is 0 Å². The van der Waals surface area contributed by atoms with Gasteiger partial charge in [0.05, 0.1) is 16.8 Å². The minimum absolute atomic E-state index is 0.397. The van der Waals surface area contributed by atoms with Gasteiger partial charge < -0.3 is 10.1 Å². The summed E-state index contributed by atoms with van der Waals surface area (Å²) < 4.78 is 8.00. The number of benzene rings is 2. The van der Waals surface area contributed by atoms with E-state index in [4.69, 9.17) is 9.72 Å². The molecule has 36 heavy (non-hydrogen) atoms. The Hall–Kier alpha value is -4.63. The first-order valence-electron chi connectivity index (χ1n) is 11.3. The van der Waals surface area contributed by atoms with Gasteiger partial charge in [0.15, 0.2) is 0 Å². The van der Waals surface area contributed by atoms with Gasteiger partial charge >= 0.3 is 0 Å². The van der Waals surface area contributed by atoms with Crippen molar-refractivity contribution < 1.29 is 4.74 Å². The highest BCUT2D eigenvalue weighted by Crippen LogP contribution is 2.35. The fourth-order valence-electron chi connectivity index (χ4n) is 3.86. The lowest BCUT2D eigenvalue weighted by atomic mass is 10.1. The van der Waals surface area contributed by atoms with Gasteiger partial charge in [-0.1, -0.05) is 18.2 Å². The quantitative estimate of drug-likeness (QED) is 0.299. The minimum Gasteiger partial charge on any atom is -0.488 e. The van der Waals surface area contributed by atoms with Crippen molar-refractivity contribution in [3.8, 4) is 27.6 Å². The van der Waals surface area contributed by atoms with Gasteiger partial charge in [-0.05, 0) is 30.3 Å². The van der Waals surface area contributed by atoms with Gasteiger partial charge in [0.1, 0.15) is 17.4 Å². The van der Waals surface area contributed by atoms with E-state index in [1.54, 1.807) is 34.6 Å². The number of ether oxygens (including phenoxy) is 1. The summed E-state index contributed by atoms with van der Waals surface area (Å²) in [6.07, 6.45) is 9.08. The standard InChI is InChI=1S/C27H21N7OS/c1-34-10-7-23(33-34)19-5-2-6-21(12-19)31-27-30-16-20-13-22(26-29-9-11-36-26)25(14-24(20)32-27)35-17-18-4-3-8-28-15-18/h2-16H,17H2,1H3,(H,30,31,32). The Morgan fingerprint density at radius 2 is 1.97 bits per heavy atom. The van der Waals surface area contributed by atoms with Crippen LogP contribution in [0.5, 0.6) is 5.75 Å². The Morgan fingerprint density at radius 3 is 2.78 bits per heavy atom. The van der Waals surface area contributed by atoms with Crippen LogP contribution in [-0.2, 0) is 13.7 Å². The van der Waals surface area contributed by atoms with E-state index in [0.717, 1.165) is 44.0 Å². The van der Waals surface area contributed by atoms with Crippen LogP contribution < -0.4 is 10.1 Å². The summed E-state index contributed by atoms with van der Waals surface area (Å²) in [5, 5.41) is 11.5. The lowest BCUT2D eigenvalue weighted by Crippen LogP contribution is -2.00. The Balaban J connectivity index is 1.32. The van der Waals surface area contributed by atoms with Crippen LogP contribution in [0.25, 0.3) is 32.7 Å². The van der Waals surface area contributed by atoms with E-state index in [1.807, 2.05) is 79.4 Å². The molecule has 0 spiro atoms. The number of rotatable bonds is 7. The molecule has 2 aromatic carbocycles. The predicted octanol–water partition coefficient (Wildman–Crippen LogP) is 5.87. The van der Waals surface area contributed by atoms with Crippen molar-refractivity contribution in [1.29, 1.82) is 0 Å². The van der Waals surface area contributed by atoms with Gasteiger partial charge in [-0.2, -0.15) is 5.10 Å². The second-order valence-corrected chi connectivity index (χ2v) is 9.06. The zero-order valence-electron chi connectivity index (χ0n) is 19.4. The maximum Gasteiger partial charge on any atom is 0.227 e. The summed E-state index contributed by atoms with van der Waals surface area (Å²) in [5.74, 6) is 1.21. The molecule has 0 aliphatic heterocycles. The molecule has 6 aromatic rings. The average Bonchev–Trinajstić information content (AvgIpc) is 3.60. The summed E-state index contributed by atoms with van der Waals surface area (Å²) in [6, 6.07) is 17.9. The molecule has 0 saturated carbocycles. The van der Waals surface area contributed by atoms with Crippen molar-refractivity contribution in [3.63, 3.8) is 0 Å². The van der Waals surface area contributed by atoms with Gasteiger partial charge in [0.25, 0.3) is 0 Å². The summed E-state index contributed by atoms with van der Waals surface area (Å²) in [6.45, 7) is 0.397. The van der Waals surface area contributed by atoms with E-state index in [1.165, 1.54) is 0 Å². The van der Waals surface area contributed by atoms with Gasteiger partial charge in [-0.25, -0.2) is 15.0 Å². The van der Waals surface area contributed by atoms with Gasteiger partial charge in [-0.3, -0.25) is 9.67 Å². The number of hydrogen-bond donors (Lipinski definition) is 1. The summed E-state index contributed by atoms with van der Waals surface area (Å²) in [5.41, 5.74) is 5.47. The number of pyridine rings is 1. The monoisotopic (exact) mass is 491 g/mol. The van der Waals surface area contributed by atoms with Crippen LogP contribution >= 0.6 is 11.3 Å². The number of aryl methyl sites for hydroxylation is 1. The molecule has 0 unspecified atom stereocenters. The number of fused-ring (bicyclic) bond motifs is 1. The van der Waals surface area contributed by atoms with E-state index in [2.05, 4.69) is 25.4 Å². The molecule has 0 atom stereocenters. The zero-order valence-corrected chi connectivity index (χ0v) is 20.2. The van der Waals surface area contributed by atoms with Crippen molar-refractivity contribution in [3.05, 3.63) is 96.5 Å². The highest BCUT2D eigenvalue weighted by molar-refractivity contribution is 7.13. The largest absolute Gasteiger partial charge is 0.488 e. The molecule has 1 N–H and O–H groups in total. The van der Waals surface area contributed by atoms with Crippen molar-refractivity contribution in [2.45, 2.75) is 6.61 Å². The third-order valence-electron chi connectivity index (χ3n) is 5.59. The van der Waals surface area contributed by atoms with Crippen LogP contribution in [0.1, 0.15) is 5.56 Å². The Kier molecular flexibility index (Phi) is 5.80. The molecule has 9 heteroatoms. The molecule has 0 fully saturated rings. The fraction of sp³-hybridized carbons (Fsp3) is 0.0741. The number of nitrogens with one attached hydrogen (secondary N) is 1. The highest BCUT2D eigenvalue weighted by Gasteiger charge is 2.13. The second kappa shape index (κ2) is 9.55. The number of nitrogens with zero attached hydrogens (tertiary/aromatic N) is 6. The van der Waals surface area contributed by atoms with Crippen LogP contribution in [0.3, 0.4) is 0 Å². The summed E-state index contributed by atoms with van der Waals surface area (Å²) in [7, 11) is 1.91. The molecule has 0 aliphatic carbocycles. The molecule has 0 amide bonds. The molecule has 8 nitrogen and oxygen atoms in total. The van der Waals surface area contributed by atoms with Crippen molar-refractivity contribution in [2.75, 3.05) is 5.32 Å². The Morgan fingerprint density at radius 1 is 1.00 bits per heavy atom. The van der Waals surface area contributed by atoms with Crippen LogP contribution in [-0.4, -0.2) is 29.7 Å². The van der Waals surface area contributed by atoms with Crippen molar-refractivity contribution >= 4 is 33.9 Å². The van der Waals surface area contributed by atoms with Crippen LogP contribution in [0.4, 0.5) is 11.6 Å². The fourth-order valence-corrected chi connectivity index (χ4v) is 4.52. The van der Waals surface area contributed by atoms with Crippen molar-refractivity contribution in [1.82, 2.24) is 29.7 Å². The first kappa shape index (κ1) is 21.9. The van der Waals surface area contributed by atoms with Gasteiger partial charge in [0, 0.05) is 71.7 Å². The van der Waals surface area contributed by atoms with E-state index in [9.17, 15) is 0 Å². The topological polar surface area (TPSA) is 90.6 Å². The number of aromatic nitrogens is 6. The molecule has 0 radical (unpaired) electrons. The third-order valence-corrected chi connectivity index (χ3v) is 6.40. The molecule has 176 valence electrons. The number of hydrogen-bond acceptors (Lipinski definition) is 8. The number of thiazole rings is 1. The number of anilines is 2. The molecule has 0 aliphatic rings. The molecule has 6 rings (SSSR count). The highest BCUT2D eigenvalue weighted by atomic mass is 32.1. The van der Waals surface area contributed by atoms with Gasteiger partial charge in [-0.15, -0.1) is 11.3 Å². The summed E-state index contributed by atoms with van der Waals surface area (Å²) in [4.78, 5) is 18.0. The smallest absolute Gasteiger partial charge is 0.227 e. The third kappa shape index (κ3) is 4.64. The zero-order chi connectivity index (χ0) is 24.3. The Bertz CT molecular complexity index is 1630. The van der Waals surface area contributed by atoms with E-state index in [0.29, 0.717) is 18.3 Å². The lowest BCUT2D eigenvalue weighted by Gasteiger charge is -2.12. The van der Waals surface area contributed by atoms with Gasteiger partial charge in [0.2, 0.25) is 5.95 Å². The molecule has 4 aromatic heterocycles. The second-order valence-electron chi connectivity index (χ2n) is 8.17. The average molecular weight is 492 g/mol. The maximum atomic E-state index is 6.22. The SMILES string of the molecule is Cn1ccc(-c2cccc(Nc3ncc4cc(-c5nccs5)c(OCc5cccnc5)cc4n3)c2)n1. The van der Waals surface area contributed by atoms with E-state index >= 15 is 0 Å². The molecular weight excluding hydrogens is 470 g/mol. The van der Waals surface area contributed by atoms with Crippen molar-refractivity contribution in [2.24, 2.45) is 7.05 Å². The van der Waals surface area contributed by atoms with E-state index < -0.39 is 0 Å². The van der Waals surface area contributed by atoms with Crippen LogP contribution in [0.15, 0.2) is 91.0 Å². The first-order valence-corrected chi connectivity index (χ1v) is 12.2. The van der Waals surface area contributed by atoms with Crippen LogP contribution in [0, 0.1) is 0 Å². The summed E-state index contributed by atoms with van der Waals surface area (Å²) >= 11 is 1.56. The van der Waals surface area contributed by atoms with E-state index in [-0.39, 0.29) is 0 Å². The molecule has 0 bridgehead atoms.